The minimum absolute atomic E-state index is 0.200. The normalized spacial score (nSPS) is 14.1. The highest BCUT2D eigenvalue weighted by Crippen LogP contribution is 2.23. The first-order valence-corrected chi connectivity index (χ1v) is 12.0. The topological polar surface area (TPSA) is 92.6 Å². The molecular formula is C27H28N6O3. The first-order valence-electron chi connectivity index (χ1n) is 12.0. The quantitative estimate of drug-likeness (QED) is 0.416. The number of rotatable bonds is 6. The number of ether oxygens (including phenoxy) is 1. The minimum Gasteiger partial charge on any atom is -0.462 e. The summed E-state index contributed by atoms with van der Waals surface area (Å²) >= 11 is 0. The predicted molar refractivity (Wildman–Crippen MR) is 141 cm³/mol. The van der Waals surface area contributed by atoms with Crippen LogP contribution in [0.5, 0.6) is 0 Å². The first-order chi connectivity index (χ1) is 17.5. The average Bonchev–Trinajstić information content (AvgIpc) is 2.90. The van der Waals surface area contributed by atoms with Crippen molar-refractivity contribution < 1.29 is 9.53 Å². The Hall–Kier alpha value is -4.24. The summed E-state index contributed by atoms with van der Waals surface area (Å²) < 4.78 is 6.68. The highest BCUT2D eigenvalue weighted by Gasteiger charge is 2.19. The number of hydrogen-bond donors (Lipinski definition) is 1. The Morgan fingerprint density at radius 3 is 2.42 bits per heavy atom. The molecule has 1 aliphatic heterocycles. The van der Waals surface area contributed by atoms with Crippen molar-refractivity contribution in [2.75, 3.05) is 50.1 Å². The summed E-state index contributed by atoms with van der Waals surface area (Å²) in [7, 11) is 2.14. The molecule has 4 aromatic rings. The lowest BCUT2D eigenvalue weighted by molar-refractivity contribution is 0.0527. The number of nitrogens with one attached hydrogen (secondary N) is 1. The predicted octanol–water partition coefficient (Wildman–Crippen LogP) is 3.45. The van der Waals surface area contributed by atoms with E-state index in [2.05, 4.69) is 44.3 Å². The fraction of sp³-hybridized carbons (Fsp3) is 0.259. The number of fused-ring (bicyclic) bond motifs is 1. The second-order valence-electron chi connectivity index (χ2n) is 8.69. The Labute approximate surface area is 209 Å². The standard InChI is InChI=1S/C27H28N6O3/c1-3-36-26(35)23-18-33(21-7-5-4-6-8-21)25(34)22-17-28-27(30-24(22)23)29-19-9-11-20(12-10-19)32-15-13-31(2)14-16-32/h4-12,17-18H,3,13-16H2,1-2H3,(H,28,29,30). The lowest BCUT2D eigenvalue weighted by atomic mass is 10.2. The Morgan fingerprint density at radius 2 is 1.72 bits per heavy atom. The maximum atomic E-state index is 13.2. The molecule has 9 heteroatoms. The van der Waals surface area contributed by atoms with E-state index in [-0.39, 0.29) is 34.6 Å². The van der Waals surface area contributed by atoms with Crippen LogP contribution in [0, 0.1) is 0 Å². The van der Waals surface area contributed by atoms with Crippen molar-refractivity contribution in [3.05, 3.63) is 82.9 Å². The SMILES string of the molecule is CCOC(=O)c1cn(-c2ccccc2)c(=O)c2cnc(Nc3ccc(N4CCN(C)CC4)cc3)nc12. The van der Waals surface area contributed by atoms with Crippen LogP contribution in [0.1, 0.15) is 17.3 Å². The Balaban J connectivity index is 1.47. The molecule has 0 saturated carbocycles. The van der Waals surface area contributed by atoms with Crippen LogP contribution >= 0.6 is 0 Å². The fourth-order valence-corrected chi connectivity index (χ4v) is 4.27. The zero-order valence-corrected chi connectivity index (χ0v) is 20.3. The van der Waals surface area contributed by atoms with Crippen molar-refractivity contribution in [2.45, 2.75) is 6.92 Å². The van der Waals surface area contributed by atoms with Crippen molar-refractivity contribution in [3.8, 4) is 5.69 Å². The first kappa shape index (κ1) is 23.5. The number of nitrogens with zero attached hydrogens (tertiary/aromatic N) is 5. The van der Waals surface area contributed by atoms with Gasteiger partial charge >= 0.3 is 5.97 Å². The summed E-state index contributed by atoms with van der Waals surface area (Å²) in [4.78, 5) is 39.6. The average molecular weight is 485 g/mol. The molecular weight excluding hydrogens is 456 g/mol. The monoisotopic (exact) mass is 484 g/mol. The third-order valence-electron chi connectivity index (χ3n) is 6.27. The van der Waals surface area contributed by atoms with E-state index in [9.17, 15) is 9.59 Å². The molecule has 36 heavy (non-hydrogen) atoms. The number of piperazine rings is 1. The second-order valence-corrected chi connectivity index (χ2v) is 8.69. The highest BCUT2D eigenvalue weighted by atomic mass is 16.5. The second kappa shape index (κ2) is 10.2. The maximum Gasteiger partial charge on any atom is 0.341 e. The van der Waals surface area contributed by atoms with Gasteiger partial charge in [-0.1, -0.05) is 18.2 Å². The summed E-state index contributed by atoms with van der Waals surface area (Å²) in [5.41, 5.74) is 2.75. The number of anilines is 3. The van der Waals surface area contributed by atoms with Gasteiger partial charge in [0.1, 0.15) is 5.56 Å². The number of para-hydroxylation sites is 1. The van der Waals surface area contributed by atoms with Crippen molar-refractivity contribution in [1.82, 2.24) is 19.4 Å². The molecule has 0 aliphatic carbocycles. The van der Waals surface area contributed by atoms with Crippen molar-refractivity contribution in [3.63, 3.8) is 0 Å². The highest BCUT2D eigenvalue weighted by molar-refractivity contribution is 6.02. The fourth-order valence-electron chi connectivity index (χ4n) is 4.27. The molecule has 1 N–H and O–H groups in total. The molecule has 0 spiro atoms. The summed E-state index contributed by atoms with van der Waals surface area (Å²) in [5.74, 6) is -0.259. The molecule has 184 valence electrons. The van der Waals surface area contributed by atoms with Gasteiger partial charge < -0.3 is 19.9 Å². The van der Waals surface area contributed by atoms with E-state index in [4.69, 9.17) is 4.74 Å². The van der Waals surface area contributed by atoms with Crippen LogP contribution in [0.3, 0.4) is 0 Å². The van der Waals surface area contributed by atoms with Gasteiger partial charge in [-0.25, -0.2) is 14.8 Å². The van der Waals surface area contributed by atoms with E-state index < -0.39 is 5.97 Å². The summed E-state index contributed by atoms with van der Waals surface area (Å²) in [6.07, 6.45) is 2.94. The van der Waals surface area contributed by atoms with Gasteiger partial charge in [0.15, 0.2) is 0 Å². The van der Waals surface area contributed by atoms with Gasteiger partial charge in [-0.3, -0.25) is 9.36 Å². The Kier molecular flexibility index (Phi) is 6.64. The number of likely N-dealkylation sites (N-methyl/N-ethyl adjacent to an activating group) is 1. The lowest BCUT2D eigenvalue weighted by Crippen LogP contribution is -2.44. The van der Waals surface area contributed by atoms with Crippen LogP contribution < -0.4 is 15.8 Å². The van der Waals surface area contributed by atoms with Crippen LogP contribution in [0.15, 0.2) is 71.8 Å². The van der Waals surface area contributed by atoms with E-state index in [0.717, 1.165) is 31.9 Å². The van der Waals surface area contributed by atoms with Gasteiger partial charge in [0.05, 0.1) is 17.5 Å². The molecule has 1 saturated heterocycles. The van der Waals surface area contributed by atoms with Crippen LogP contribution in [-0.4, -0.2) is 65.2 Å². The molecule has 0 atom stereocenters. The molecule has 2 aromatic heterocycles. The summed E-state index contributed by atoms with van der Waals surface area (Å²) in [6, 6.07) is 17.2. The van der Waals surface area contributed by atoms with Gasteiger partial charge in [0, 0.05) is 55.6 Å². The van der Waals surface area contributed by atoms with Crippen LogP contribution in [0.4, 0.5) is 17.3 Å². The van der Waals surface area contributed by atoms with Crippen molar-refractivity contribution >= 4 is 34.2 Å². The van der Waals surface area contributed by atoms with Gasteiger partial charge in [-0.2, -0.15) is 0 Å². The maximum absolute atomic E-state index is 13.2. The molecule has 0 amide bonds. The minimum atomic E-state index is -0.548. The number of hydrogen-bond acceptors (Lipinski definition) is 8. The van der Waals surface area contributed by atoms with E-state index >= 15 is 0 Å². The van der Waals surface area contributed by atoms with Gasteiger partial charge in [-0.05, 0) is 50.4 Å². The molecule has 9 nitrogen and oxygen atoms in total. The smallest absolute Gasteiger partial charge is 0.341 e. The largest absolute Gasteiger partial charge is 0.462 e. The van der Waals surface area contributed by atoms with E-state index in [1.165, 1.54) is 22.6 Å². The van der Waals surface area contributed by atoms with Crippen LogP contribution in [0.25, 0.3) is 16.6 Å². The molecule has 0 unspecified atom stereocenters. The molecule has 1 aliphatic rings. The number of aromatic nitrogens is 3. The zero-order chi connectivity index (χ0) is 25.1. The van der Waals surface area contributed by atoms with E-state index in [1.54, 1.807) is 19.1 Å². The third-order valence-corrected chi connectivity index (χ3v) is 6.27. The zero-order valence-electron chi connectivity index (χ0n) is 20.3. The Bertz CT molecular complexity index is 1430. The molecule has 1 fully saturated rings. The van der Waals surface area contributed by atoms with E-state index in [1.807, 2.05) is 30.3 Å². The van der Waals surface area contributed by atoms with Gasteiger partial charge in [0.25, 0.3) is 5.56 Å². The molecule has 5 rings (SSSR count). The summed E-state index contributed by atoms with van der Waals surface area (Å²) in [5, 5.41) is 3.42. The van der Waals surface area contributed by atoms with Crippen molar-refractivity contribution in [2.24, 2.45) is 0 Å². The van der Waals surface area contributed by atoms with Gasteiger partial charge in [-0.15, -0.1) is 0 Å². The van der Waals surface area contributed by atoms with Crippen molar-refractivity contribution in [1.29, 1.82) is 0 Å². The Morgan fingerprint density at radius 1 is 1.00 bits per heavy atom. The molecule has 3 heterocycles. The third kappa shape index (κ3) is 4.78. The molecule has 2 aromatic carbocycles. The lowest BCUT2D eigenvalue weighted by Gasteiger charge is -2.34. The summed E-state index contributed by atoms with van der Waals surface area (Å²) in [6.45, 7) is 6.02. The number of benzene rings is 2. The van der Waals surface area contributed by atoms with Gasteiger partial charge in [0.2, 0.25) is 5.95 Å². The van der Waals surface area contributed by atoms with E-state index in [0.29, 0.717) is 5.69 Å². The number of carbonyl (C=O) groups is 1. The number of pyridine rings is 1. The number of esters is 1. The number of carbonyl (C=O) groups excluding carboxylic acids is 1. The van der Waals surface area contributed by atoms with Crippen LogP contribution in [-0.2, 0) is 4.74 Å². The van der Waals surface area contributed by atoms with Crippen LogP contribution in [0.2, 0.25) is 0 Å². The molecule has 0 bridgehead atoms. The molecule has 0 radical (unpaired) electrons.